The predicted molar refractivity (Wildman–Crippen MR) is 75.8 cm³/mol. The van der Waals surface area contributed by atoms with Crippen LogP contribution in [0.15, 0.2) is 24.3 Å². The van der Waals surface area contributed by atoms with E-state index in [0.717, 1.165) is 18.4 Å². The first-order valence-corrected chi connectivity index (χ1v) is 6.98. The summed E-state index contributed by atoms with van der Waals surface area (Å²) in [5.74, 6) is 0.379. The molecular formula is C16H20N2O2. The Kier molecular flexibility index (Phi) is 4.41. The topological polar surface area (TPSA) is 73.1 Å². The Morgan fingerprint density at radius 3 is 2.60 bits per heavy atom. The third-order valence-electron chi connectivity index (χ3n) is 3.96. The van der Waals surface area contributed by atoms with E-state index >= 15 is 0 Å². The Balaban J connectivity index is 1.84. The quantitative estimate of drug-likeness (QED) is 0.829. The van der Waals surface area contributed by atoms with Crippen molar-refractivity contribution in [1.82, 2.24) is 5.32 Å². The number of nitriles is 1. The maximum absolute atomic E-state index is 12.0. The molecule has 0 radical (unpaired) electrons. The highest BCUT2D eigenvalue weighted by molar-refractivity contribution is 5.77. The minimum Gasteiger partial charge on any atom is -0.394 e. The molecule has 1 aliphatic carbocycles. The minimum absolute atomic E-state index is 0.0136. The molecule has 1 aliphatic rings. The van der Waals surface area contributed by atoms with Gasteiger partial charge in [0.25, 0.3) is 0 Å². The molecule has 4 heteroatoms. The summed E-state index contributed by atoms with van der Waals surface area (Å²) in [6.07, 6.45) is 3.19. The second kappa shape index (κ2) is 6.06. The largest absolute Gasteiger partial charge is 0.394 e. The summed E-state index contributed by atoms with van der Waals surface area (Å²) in [6, 6.07) is 9.33. The Morgan fingerprint density at radius 2 is 2.10 bits per heavy atom. The Labute approximate surface area is 119 Å². The maximum Gasteiger partial charge on any atom is 0.220 e. The number of amides is 1. The van der Waals surface area contributed by atoms with Crippen LogP contribution in [0.1, 0.15) is 37.3 Å². The lowest BCUT2D eigenvalue weighted by molar-refractivity contribution is -0.123. The molecule has 4 nitrogen and oxygen atoms in total. The van der Waals surface area contributed by atoms with Crippen molar-refractivity contribution in [2.75, 3.05) is 6.61 Å². The van der Waals surface area contributed by atoms with Gasteiger partial charge in [0.1, 0.15) is 0 Å². The number of benzene rings is 1. The number of aliphatic hydroxyl groups excluding tert-OH is 1. The second-order valence-electron chi connectivity index (χ2n) is 5.71. The molecule has 0 spiro atoms. The number of aryl methyl sites for hydroxylation is 1. The Bertz CT molecular complexity index is 514. The monoisotopic (exact) mass is 272 g/mol. The van der Waals surface area contributed by atoms with Crippen molar-refractivity contribution < 1.29 is 9.90 Å². The van der Waals surface area contributed by atoms with Crippen LogP contribution in [0.2, 0.25) is 0 Å². The van der Waals surface area contributed by atoms with Crippen LogP contribution in [0.25, 0.3) is 0 Å². The van der Waals surface area contributed by atoms with Crippen LogP contribution in [-0.2, 0) is 11.2 Å². The highest BCUT2D eigenvalue weighted by Crippen LogP contribution is 2.39. The van der Waals surface area contributed by atoms with E-state index in [9.17, 15) is 9.90 Å². The van der Waals surface area contributed by atoms with Crippen LogP contribution in [-0.4, -0.2) is 23.2 Å². The standard InChI is InChI=1S/C16H20N2O2/c1-16(11-19,14-7-8-14)18-15(20)9-6-12-2-4-13(10-17)5-3-12/h2-5,14,19H,6-9,11H2,1H3,(H,18,20). The summed E-state index contributed by atoms with van der Waals surface area (Å²) in [5.41, 5.74) is 1.19. The molecule has 0 aliphatic heterocycles. The van der Waals surface area contributed by atoms with Crippen molar-refractivity contribution in [3.8, 4) is 6.07 Å². The zero-order valence-electron chi connectivity index (χ0n) is 11.7. The molecule has 1 saturated carbocycles. The molecule has 0 saturated heterocycles. The zero-order chi connectivity index (χ0) is 14.6. The highest BCUT2D eigenvalue weighted by atomic mass is 16.3. The Hall–Kier alpha value is -1.86. The van der Waals surface area contributed by atoms with Gasteiger partial charge < -0.3 is 10.4 Å². The van der Waals surface area contributed by atoms with Crippen molar-refractivity contribution in [3.05, 3.63) is 35.4 Å². The van der Waals surface area contributed by atoms with Gasteiger partial charge in [0, 0.05) is 6.42 Å². The number of aliphatic hydroxyl groups is 1. The van der Waals surface area contributed by atoms with Gasteiger partial charge in [-0.3, -0.25) is 4.79 Å². The fraction of sp³-hybridized carbons (Fsp3) is 0.500. The molecule has 1 aromatic rings. The van der Waals surface area contributed by atoms with Crippen molar-refractivity contribution in [1.29, 1.82) is 5.26 Å². The fourth-order valence-electron chi connectivity index (χ4n) is 2.38. The summed E-state index contributed by atoms with van der Waals surface area (Å²) in [6.45, 7) is 1.89. The second-order valence-corrected chi connectivity index (χ2v) is 5.71. The predicted octanol–water partition coefficient (Wildman–Crippen LogP) is 1.77. The van der Waals surface area contributed by atoms with Crippen LogP contribution in [0, 0.1) is 17.2 Å². The number of nitrogens with one attached hydrogen (secondary N) is 1. The average molecular weight is 272 g/mol. The van der Waals surface area contributed by atoms with Gasteiger partial charge in [-0.25, -0.2) is 0 Å². The van der Waals surface area contributed by atoms with E-state index in [2.05, 4.69) is 11.4 Å². The van der Waals surface area contributed by atoms with Gasteiger partial charge in [0.15, 0.2) is 0 Å². The maximum atomic E-state index is 12.0. The summed E-state index contributed by atoms with van der Waals surface area (Å²) < 4.78 is 0. The van der Waals surface area contributed by atoms with Crippen molar-refractivity contribution in [3.63, 3.8) is 0 Å². The van der Waals surface area contributed by atoms with Crippen LogP contribution in [0.5, 0.6) is 0 Å². The number of rotatable bonds is 6. The molecule has 20 heavy (non-hydrogen) atoms. The minimum atomic E-state index is -0.470. The van der Waals surface area contributed by atoms with Crippen LogP contribution < -0.4 is 5.32 Å². The van der Waals surface area contributed by atoms with Gasteiger partial charge in [-0.2, -0.15) is 5.26 Å². The van der Waals surface area contributed by atoms with Crippen molar-refractivity contribution in [2.24, 2.45) is 5.92 Å². The third kappa shape index (κ3) is 3.58. The molecule has 2 N–H and O–H groups in total. The Morgan fingerprint density at radius 1 is 1.45 bits per heavy atom. The van der Waals surface area contributed by atoms with Gasteiger partial charge in [-0.05, 0) is 49.8 Å². The molecule has 2 rings (SSSR count). The highest BCUT2D eigenvalue weighted by Gasteiger charge is 2.41. The first kappa shape index (κ1) is 14.5. The van der Waals surface area contributed by atoms with Crippen LogP contribution in [0.3, 0.4) is 0 Å². The fourth-order valence-corrected chi connectivity index (χ4v) is 2.38. The molecule has 1 fully saturated rings. The summed E-state index contributed by atoms with van der Waals surface area (Å²) in [5, 5.41) is 21.1. The van der Waals surface area contributed by atoms with Crippen molar-refractivity contribution >= 4 is 5.91 Å². The normalized spacial score (nSPS) is 17.1. The van der Waals surface area contributed by atoms with Crippen LogP contribution >= 0.6 is 0 Å². The number of carbonyl (C=O) groups excluding carboxylic acids is 1. The van der Waals surface area contributed by atoms with E-state index < -0.39 is 5.54 Å². The molecule has 0 aromatic heterocycles. The molecular weight excluding hydrogens is 252 g/mol. The SMILES string of the molecule is CC(CO)(NC(=O)CCc1ccc(C#N)cc1)C1CC1. The summed E-state index contributed by atoms with van der Waals surface area (Å²) >= 11 is 0. The van der Waals surface area contributed by atoms with Gasteiger partial charge in [-0.15, -0.1) is 0 Å². The van der Waals surface area contributed by atoms with E-state index in [0.29, 0.717) is 24.3 Å². The summed E-state index contributed by atoms with van der Waals surface area (Å²) in [7, 11) is 0. The van der Waals surface area contributed by atoms with Crippen LogP contribution in [0.4, 0.5) is 0 Å². The lowest BCUT2D eigenvalue weighted by atomic mass is 9.96. The number of hydrogen-bond donors (Lipinski definition) is 2. The van der Waals surface area contributed by atoms with Gasteiger partial charge in [0.2, 0.25) is 5.91 Å². The third-order valence-corrected chi connectivity index (χ3v) is 3.96. The van der Waals surface area contributed by atoms with E-state index in [1.165, 1.54) is 0 Å². The molecule has 0 bridgehead atoms. The zero-order valence-corrected chi connectivity index (χ0v) is 11.7. The first-order chi connectivity index (χ1) is 9.57. The van der Waals surface area contributed by atoms with Gasteiger partial charge in [0.05, 0.1) is 23.8 Å². The number of hydrogen-bond acceptors (Lipinski definition) is 3. The van der Waals surface area contributed by atoms with E-state index in [-0.39, 0.29) is 12.5 Å². The lowest BCUT2D eigenvalue weighted by Crippen LogP contribution is -2.50. The van der Waals surface area contributed by atoms with Gasteiger partial charge >= 0.3 is 0 Å². The van der Waals surface area contributed by atoms with E-state index in [1.807, 2.05) is 19.1 Å². The molecule has 106 valence electrons. The number of carbonyl (C=O) groups is 1. The molecule has 1 aromatic carbocycles. The van der Waals surface area contributed by atoms with E-state index in [4.69, 9.17) is 5.26 Å². The van der Waals surface area contributed by atoms with Gasteiger partial charge in [-0.1, -0.05) is 12.1 Å². The lowest BCUT2D eigenvalue weighted by Gasteiger charge is -2.28. The average Bonchev–Trinajstić information content (AvgIpc) is 3.30. The molecule has 1 amide bonds. The molecule has 1 atom stereocenters. The number of nitrogens with zero attached hydrogens (tertiary/aromatic N) is 1. The first-order valence-electron chi connectivity index (χ1n) is 6.98. The summed E-state index contributed by atoms with van der Waals surface area (Å²) in [4.78, 5) is 12.0. The molecule has 0 heterocycles. The van der Waals surface area contributed by atoms with Crippen molar-refractivity contribution in [2.45, 2.75) is 38.1 Å². The van der Waals surface area contributed by atoms with E-state index in [1.54, 1.807) is 12.1 Å². The smallest absolute Gasteiger partial charge is 0.220 e. The molecule has 1 unspecified atom stereocenters.